The van der Waals surface area contributed by atoms with Crippen LogP contribution in [-0.2, 0) is 6.54 Å². The van der Waals surface area contributed by atoms with Crippen LogP contribution in [0.3, 0.4) is 0 Å². The van der Waals surface area contributed by atoms with Crippen LogP contribution in [0, 0.1) is 0 Å². The van der Waals surface area contributed by atoms with Crippen LogP contribution < -0.4 is 14.8 Å². The van der Waals surface area contributed by atoms with E-state index in [-0.39, 0.29) is 11.9 Å². The average molecular weight is 470 g/mol. The lowest BCUT2D eigenvalue weighted by atomic mass is 9.88. The number of para-hydroxylation sites is 1. The van der Waals surface area contributed by atoms with E-state index in [9.17, 15) is 8.78 Å². The first-order valence-electron chi connectivity index (χ1n) is 11.5. The Kier molecular flexibility index (Phi) is 6.49. The summed E-state index contributed by atoms with van der Waals surface area (Å²) in [6, 6.07) is 29.4. The van der Waals surface area contributed by atoms with E-state index < -0.39 is 6.61 Å². The van der Waals surface area contributed by atoms with Crippen molar-refractivity contribution in [3.63, 3.8) is 0 Å². The van der Waals surface area contributed by atoms with Crippen LogP contribution in [0.25, 0.3) is 22.3 Å². The monoisotopic (exact) mass is 469 g/mol. The number of benzene rings is 4. The van der Waals surface area contributed by atoms with Gasteiger partial charge in [0.15, 0.2) is 0 Å². The van der Waals surface area contributed by atoms with Crippen LogP contribution in [0.4, 0.5) is 14.5 Å². The molecule has 5 rings (SSSR count). The zero-order valence-electron chi connectivity index (χ0n) is 19.1. The second-order valence-corrected chi connectivity index (χ2v) is 8.33. The van der Waals surface area contributed by atoms with Gasteiger partial charge in [0.2, 0.25) is 0 Å². The van der Waals surface area contributed by atoms with E-state index in [1.807, 2.05) is 42.5 Å². The lowest BCUT2D eigenvalue weighted by Crippen LogP contribution is -2.15. The van der Waals surface area contributed by atoms with Gasteiger partial charge >= 0.3 is 6.61 Å². The quantitative estimate of drug-likeness (QED) is 0.264. The number of hydrogen-bond donors (Lipinski definition) is 1. The van der Waals surface area contributed by atoms with E-state index in [1.54, 1.807) is 24.3 Å². The molecule has 0 saturated heterocycles. The van der Waals surface area contributed by atoms with Gasteiger partial charge in [-0.1, -0.05) is 72.8 Å². The van der Waals surface area contributed by atoms with Crippen LogP contribution in [0.5, 0.6) is 11.5 Å². The zero-order chi connectivity index (χ0) is 24.2. The first-order valence-corrected chi connectivity index (χ1v) is 11.5. The zero-order valence-corrected chi connectivity index (χ0v) is 19.1. The topological polar surface area (TPSA) is 30.5 Å². The van der Waals surface area contributed by atoms with Gasteiger partial charge in [-0.15, -0.1) is 6.58 Å². The second kappa shape index (κ2) is 10.0. The lowest BCUT2D eigenvalue weighted by molar-refractivity contribution is -0.0496. The first-order chi connectivity index (χ1) is 17.1. The molecule has 1 heterocycles. The highest BCUT2D eigenvalue weighted by molar-refractivity contribution is 5.85. The van der Waals surface area contributed by atoms with Crippen molar-refractivity contribution in [1.82, 2.24) is 0 Å². The molecule has 0 saturated carbocycles. The minimum absolute atomic E-state index is 0.105. The minimum atomic E-state index is -2.92. The van der Waals surface area contributed by atoms with E-state index in [4.69, 9.17) is 9.47 Å². The standard InChI is InChI=1S/C30H25F2NO2/c1-2-9-26-24-18-21(22-12-6-7-13-25(22)33-19-20-10-4-3-5-11-20)16-17-23(24)29-27(34-26)14-8-15-28(29)35-30(31)32/h2-8,10-18,26,30,33H,1,9,19H2. The maximum absolute atomic E-state index is 13.1. The predicted octanol–water partition coefficient (Wildman–Crippen LogP) is 8.24. The normalized spacial score (nSPS) is 14.0. The maximum atomic E-state index is 13.1. The Morgan fingerprint density at radius 2 is 1.71 bits per heavy atom. The molecule has 3 nitrogen and oxygen atoms in total. The third-order valence-electron chi connectivity index (χ3n) is 6.09. The molecule has 1 atom stereocenters. The smallest absolute Gasteiger partial charge is 0.387 e. The summed E-state index contributed by atoms with van der Waals surface area (Å²) < 4.78 is 37.3. The summed E-state index contributed by atoms with van der Waals surface area (Å²) in [5.74, 6) is 0.633. The number of anilines is 1. The van der Waals surface area contributed by atoms with E-state index in [1.165, 1.54) is 5.56 Å². The minimum Gasteiger partial charge on any atom is -0.485 e. The summed E-state index contributed by atoms with van der Waals surface area (Å²) in [5.41, 5.74) is 6.54. The molecule has 0 spiro atoms. The number of ether oxygens (including phenoxy) is 2. The van der Waals surface area contributed by atoms with Crippen LogP contribution >= 0.6 is 0 Å². The van der Waals surface area contributed by atoms with Crippen molar-refractivity contribution < 1.29 is 18.3 Å². The number of rotatable bonds is 8. The van der Waals surface area contributed by atoms with Crippen LogP contribution in [0.1, 0.15) is 23.7 Å². The van der Waals surface area contributed by atoms with E-state index in [0.717, 1.165) is 27.9 Å². The molecule has 0 aliphatic carbocycles. The van der Waals surface area contributed by atoms with Gasteiger partial charge in [-0.2, -0.15) is 8.78 Å². The van der Waals surface area contributed by atoms with Crippen molar-refractivity contribution in [3.05, 3.63) is 115 Å². The molecule has 1 aliphatic rings. The molecule has 35 heavy (non-hydrogen) atoms. The van der Waals surface area contributed by atoms with Crippen molar-refractivity contribution in [3.8, 4) is 33.8 Å². The molecule has 176 valence electrons. The third-order valence-corrected chi connectivity index (χ3v) is 6.09. The third kappa shape index (κ3) is 4.76. The van der Waals surface area contributed by atoms with Crippen molar-refractivity contribution >= 4 is 5.69 Å². The number of hydrogen-bond acceptors (Lipinski definition) is 3. The van der Waals surface area contributed by atoms with Gasteiger partial charge in [0, 0.05) is 29.8 Å². The highest BCUT2D eigenvalue weighted by Gasteiger charge is 2.29. The average Bonchev–Trinajstić information content (AvgIpc) is 2.88. The van der Waals surface area contributed by atoms with Gasteiger partial charge in [0.25, 0.3) is 0 Å². The largest absolute Gasteiger partial charge is 0.485 e. The Balaban J connectivity index is 1.55. The predicted molar refractivity (Wildman–Crippen MR) is 136 cm³/mol. The summed E-state index contributed by atoms with van der Waals surface area (Å²) in [5, 5.41) is 3.54. The molecule has 0 radical (unpaired) electrons. The second-order valence-electron chi connectivity index (χ2n) is 8.33. The lowest BCUT2D eigenvalue weighted by Gasteiger charge is -2.30. The SMILES string of the molecule is C=CCC1Oc2cccc(OC(F)F)c2-c2ccc(-c3ccccc3NCc3ccccc3)cc21. The maximum Gasteiger partial charge on any atom is 0.387 e. The molecule has 5 heteroatoms. The van der Waals surface area contributed by atoms with Crippen LogP contribution in [0.2, 0.25) is 0 Å². The highest BCUT2D eigenvalue weighted by Crippen LogP contribution is 2.49. The number of nitrogens with one attached hydrogen (secondary N) is 1. The first kappa shape index (κ1) is 22.7. The Morgan fingerprint density at radius 1 is 0.914 bits per heavy atom. The summed E-state index contributed by atoms with van der Waals surface area (Å²) >= 11 is 0. The molecular weight excluding hydrogens is 444 g/mol. The fourth-order valence-electron chi connectivity index (χ4n) is 4.52. The highest BCUT2D eigenvalue weighted by atomic mass is 19.3. The van der Waals surface area contributed by atoms with E-state index in [2.05, 4.69) is 42.2 Å². The number of halogens is 2. The van der Waals surface area contributed by atoms with Crippen LogP contribution in [-0.4, -0.2) is 6.61 Å². The van der Waals surface area contributed by atoms with E-state index in [0.29, 0.717) is 24.3 Å². The molecule has 0 bridgehead atoms. The molecule has 1 aliphatic heterocycles. The Hall–Kier alpha value is -4.12. The number of alkyl halides is 2. The van der Waals surface area contributed by atoms with Crippen molar-refractivity contribution in [1.29, 1.82) is 0 Å². The molecule has 0 fully saturated rings. The summed E-state index contributed by atoms with van der Waals surface area (Å²) in [4.78, 5) is 0. The molecule has 1 unspecified atom stereocenters. The van der Waals surface area contributed by atoms with Crippen molar-refractivity contribution in [2.24, 2.45) is 0 Å². The fraction of sp³-hybridized carbons (Fsp3) is 0.133. The Morgan fingerprint density at radius 3 is 2.51 bits per heavy atom. The van der Waals surface area contributed by atoms with E-state index >= 15 is 0 Å². The molecule has 4 aromatic rings. The summed E-state index contributed by atoms with van der Waals surface area (Å²) in [6.45, 7) is 1.66. The van der Waals surface area contributed by atoms with Gasteiger partial charge in [0.05, 0.1) is 5.56 Å². The molecule has 0 aromatic heterocycles. The van der Waals surface area contributed by atoms with Crippen LogP contribution in [0.15, 0.2) is 104 Å². The fourth-order valence-corrected chi connectivity index (χ4v) is 4.52. The van der Waals surface area contributed by atoms with Crippen molar-refractivity contribution in [2.75, 3.05) is 5.32 Å². The molecular formula is C30H25F2NO2. The van der Waals surface area contributed by atoms with Gasteiger partial charge in [0.1, 0.15) is 17.6 Å². The van der Waals surface area contributed by atoms with Gasteiger partial charge < -0.3 is 14.8 Å². The molecule has 1 N–H and O–H groups in total. The Labute approximate surface area is 203 Å². The Bertz CT molecular complexity index is 1340. The van der Waals surface area contributed by atoms with Gasteiger partial charge in [-0.25, -0.2) is 0 Å². The summed E-state index contributed by atoms with van der Waals surface area (Å²) in [6.07, 6.45) is 2.12. The van der Waals surface area contributed by atoms with Gasteiger partial charge in [-0.3, -0.25) is 0 Å². The van der Waals surface area contributed by atoms with Crippen molar-refractivity contribution in [2.45, 2.75) is 25.7 Å². The number of fused-ring (bicyclic) bond motifs is 3. The molecule has 4 aromatic carbocycles. The van der Waals surface area contributed by atoms with Gasteiger partial charge in [-0.05, 0) is 41.0 Å². The molecule has 0 amide bonds. The summed E-state index contributed by atoms with van der Waals surface area (Å²) in [7, 11) is 0.